The van der Waals surface area contributed by atoms with Crippen LogP contribution < -0.4 is 16.0 Å². The van der Waals surface area contributed by atoms with Gasteiger partial charge in [-0.2, -0.15) is 0 Å². The monoisotopic (exact) mass is 435 g/mol. The molecule has 3 amide bonds. The number of primary amides is 1. The van der Waals surface area contributed by atoms with Gasteiger partial charge in [-0.15, -0.1) is 0 Å². The molecule has 3 N–H and O–H groups in total. The third-order valence-corrected chi connectivity index (χ3v) is 5.56. The van der Waals surface area contributed by atoms with Crippen LogP contribution in [-0.2, 0) is 23.9 Å². The van der Waals surface area contributed by atoms with Gasteiger partial charge in [-0.1, -0.05) is 42.5 Å². The Balaban J connectivity index is 1.81. The molecular weight excluding hydrogens is 414 g/mol. The van der Waals surface area contributed by atoms with E-state index in [9.17, 15) is 24.0 Å². The topological polar surface area (TPSA) is 136 Å². The first kappa shape index (κ1) is 21.2. The molecule has 3 atom stereocenters. The summed E-state index contributed by atoms with van der Waals surface area (Å²) in [5.74, 6) is -4.05. The van der Waals surface area contributed by atoms with Gasteiger partial charge in [0.05, 0.1) is 11.6 Å². The van der Waals surface area contributed by atoms with Crippen LogP contribution in [0.3, 0.4) is 0 Å². The number of nitrogens with one attached hydrogen (secondary N) is 1. The van der Waals surface area contributed by atoms with Crippen LogP contribution in [0.15, 0.2) is 54.6 Å². The van der Waals surface area contributed by atoms with E-state index in [0.717, 1.165) is 4.90 Å². The second-order valence-electron chi connectivity index (χ2n) is 7.66. The molecule has 4 rings (SSSR count). The van der Waals surface area contributed by atoms with Crippen molar-refractivity contribution >= 4 is 35.2 Å². The number of fused-ring (bicyclic) bond motifs is 1. The number of anilines is 1. The summed E-state index contributed by atoms with van der Waals surface area (Å²) in [6.07, 6.45) is -0.769. The Labute approximate surface area is 183 Å². The molecule has 2 unspecified atom stereocenters. The summed E-state index contributed by atoms with van der Waals surface area (Å²) in [6.45, 7) is -0.463. The number of carbonyl (C=O) groups excluding carboxylic acids is 5. The molecule has 2 heterocycles. The highest BCUT2D eigenvalue weighted by molar-refractivity contribution is 6.17. The summed E-state index contributed by atoms with van der Waals surface area (Å²) < 4.78 is 5.02. The van der Waals surface area contributed by atoms with Crippen molar-refractivity contribution in [2.24, 2.45) is 5.73 Å². The summed E-state index contributed by atoms with van der Waals surface area (Å²) in [7, 11) is 0. The smallest absolute Gasteiger partial charge is 0.306 e. The highest BCUT2D eigenvalue weighted by Crippen LogP contribution is 2.35. The van der Waals surface area contributed by atoms with Crippen molar-refractivity contribution in [1.29, 1.82) is 0 Å². The number of para-hydroxylation sites is 1. The third kappa shape index (κ3) is 3.96. The number of esters is 1. The highest BCUT2D eigenvalue weighted by atomic mass is 16.6. The van der Waals surface area contributed by atoms with Gasteiger partial charge in [-0.05, 0) is 17.7 Å². The number of Topliss-reactive ketones (excluding diaryl/α,β-unsaturated/α-hetero) is 1. The fourth-order valence-corrected chi connectivity index (χ4v) is 4.09. The molecule has 9 heteroatoms. The fraction of sp³-hybridized carbons (Fsp3) is 0.261. The van der Waals surface area contributed by atoms with Crippen molar-refractivity contribution in [3.63, 3.8) is 0 Å². The summed E-state index contributed by atoms with van der Waals surface area (Å²) in [4.78, 5) is 64.4. The largest absolute Gasteiger partial charge is 0.452 e. The Kier molecular flexibility index (Phi) is 5.72. The molecule has 2 aromatic carbocycles. The lowest BCUT2D eigenvalue weighted by Crippen LogP contribution is -2.55. The highest BCUT2D eigenvalue weighted by Gasteiger charge is 2.45. The van der Waals surface area contributed by atoms with Crippen molar-refractivity contribution < 1.29 is 28.7 Å². The third-order valence-electron chi connectivity index (χ3n) is 5.56. The van der Waals surface area contributed by atoms with E-state index in [2.05, 4.69) is 5.32 Å². The normalized spacial score (nSPS) is 22.7. The maximum atomic E-state index is 13.6. The van der Waals surface area contributed by atoms with Gasteiger partial charge in [-0.25, -0.2) is 0 Å². The van der Waals surface area contributed by atoms with E-state index in [1.54, 1.807) is 54.6 Å². The molecule has 0 saturated carbocycles. The molecule has 1 saturated heterocycles. The standard InChI is InChI=1S/C23H21N3O6/c24-17(27)12-26-15-9-5-4-8-14(15)21(29)19(13-6-2-1-3-7-13)20(23(26)31)25-22(30)16-10-11-18(28)32-16/h1-9,16,19-20H,10-12H2,(H2,24,27)(H,25,30)/t16-,19?,20?/m0/s1. The van der Waals surface area contributed by atoms with Crippen molar-refractivity contribution in [3.05, 3.63) is 65.7 Å². The number of rotatable bonds is 5. The van der Waals surface area contributed by atoms with Crippen LogP contribution in [0.5, 0.6) is 0 Å². The number of amides is 3. The predicted molar refractivity (Wildman–Crippen MR) is 113 cm³/mol. The molecule has 0 spiro atoms. The molecule has 0 radical (unpaired) electrons. The van der Waals surface area contributed by atoms with E-state index in [1.807, 2.05) is 0 Å². The van der Waals surface area contributed by atoms with Crippen LogP contribution in [0.4, 0.5) is 5.69 Å². The minimum Gasteiger partial charge on any atom is -0.452 e. The number of nitrogens with zero attached hydrogens (tertiary/aromatic N) is 1. The molecule has 164 valence electrons. The zero-order chi connectivity index (χ0) is 22.8. The number of hydrogen-bond acceptors (Lipinski definition) is 6. The number of ketones is 1. The zero-order valence-corrected chi connectivity index (χ0v) is 17.0. The lowest BCUT2D eigenvalue weighted by molar-refractivity contribution is -0.148. The van der Waals surface area contributed by atoms with E-state index >= 15 is 0 Å². The second-order valence-corrected chi connectivity index (χ2v) is 7.66. The van der Waals surface area contributed by atoms with Crippen LogP contribution in [-0.4, -0.2) is 48.2 Å². The second kappa shape index (κ2) is 8.62. The van der Waals surface area contributed by atoms with Crippen LogP contribution in [0.25, 0.3) is 0 Å². The Morgan fingerprint density at radius 3 is 2.38 bits per heavy atom. The molecule has 0 bridgehead atoms. The molecule has 2 aliphatic rings. The van der Waals surface area contributed by atoms with Crippen molar-refractivity contribution in [1.82, 2.24) is 5.32 Å². The summed E-state index contributed by atoms with van der Waals surface area (Å²) in [5.41, 5.74) is 6.37. The number of nitrogens with two attached hydrogens (primary N) is 1. The molecule has 0 aliphatic carbocycles. The number of benzene rings is 2. The average Bonchev–Trinajstić information content (AvgIpc) is 3.20. The van der Waals surface area contributed by atoms with Gasteiger partial charge in [0.25, 0.3) is 11.8 Å². The van der Waals surface area contributed by atoms with E-state index in [-0.39, 0.29) is 29.9 Å². The van der Waals surface area contributed by atoms with E-state index < -0.39 is 48.3 Å². The van der Waals surface area contributed by atoms with E-state index in [0.29, 0.717) is 5.56 Å². The van der Waals surface area contributed by atoms with Crippen LogP contribution in [0.1, 0.15) is 34.7 Å². The number of ether oxygens (including phenoxy) is 1. The first-order valence-electron chi connectivity index (χ1n) is 10.1. The fourth-order valence-electron chi connectivity index (χ4n) is 4.09. The lowest BCUT2D eigenvalue weighted by atomic mass is 9.85. The summed E-state index contributed by atoms with van der Waals surface area (Å²) in [5, 5.41) is 2.61. The van der Waals surface area contributed by atoms with Crippen LogP contribution in [0, 0.1) is 0 Å². The molecular formula is C23H21N3O6. The van der Waals surface area contributed by atoms with Gasteiger partial charge in [-0.3, -0.25) is 24.0 Å². The van der Waals surface area contributed by atoms with Gasteiger partial charge in [0.2, 0.25) is 5.91 Å². The quantitative estimate of drug-likeness (QED) is 0.663. The Morgan fingerprint density at radius 1 is 1.03 bits per heavy atom. The average molecular weight is 435 g/mol. The SMILES string of the molecule is NC(=O)CN1C(=O)C(NC(=O)[C@@H]2CCC(=O)O2)C(c2ccccc2)C(=O)c2ccccc21. The van der Waals surface area contributed by atoms with E-state index in [1.165, 1.54) is 0 Å². The maximum Gasteiger partial charge on any atom is 0.306 e. The molecule has 2 aromatic rings. The van der Waals surface area contributed by atoms with Crippen molar-refractivity contribution in [3.8, 4) is 0 Å². The molecule has 1 fully saturated rings. The van der Waals surface area contributed by atoms with Gasteiger partial charge < -0.3 is 20.7 Å². The molecule has 0 aromatic heterocycles. The van der Waals surface area contributed by atoms with Gasteiger partial charge in [0, 0.05) is 18.4 Å². The Bertz CT molecular complexity index is 1100. The predicted octanol–water partition coefficient (Wildman–Crippen LogP) is 0.675. The molecule has 32 heavy (non-hydrogen) atoms. The van der Waals surface area contributed by atoms with Crippen LogP contribution >= 0.6 is 0 Å². The van der Waals surface area contributed by atoms with E-state index in [4.69, 9.17) is 10.5 Å². The van der Waals surface area contributed by atoms with Gasteiger partial charge >= 0.3 is 5.97 Å². The minimum atomic E-state index is -1.33. The Morgan fingerprint density at radius 2 is 1.72 bits per heavy atom. The van der Waals surface area contributed by atoms with Crippen molar-refractivity contribution in [2.75, 3.05) is 11.4 Å². The maximum absolute atomic E-state index is 13.6. The summed E-state index contributed by atoms with van der Waals surface area (Å²) in [6, 6.07) is 13.7. The van der Waals surface area contributed by atoms with Crippen LogP contribution in [0.2, 0.25) is 0 Å². The first-order valence-corrected chi connectivity index (χ1v) is 10.1. The zero-order valence-electron chi connectivity index (χ0n) is 17.0. The first-order chi connectivity index (χ1) is 15.4. The van der Waals surface area contributed by atoms with Gasteiger partial charge in [0.1, 0.15) is 12.6 Å². The number of cyclic esters (lactones) is 1. The number of carbonyl (C=O) groups is 5. The Hall–Kier alpha value is -4.01. The van der Waals surface area contributed by atoms with Gasteiger partial charge in [0.15, 0.2) is 11.9 Å². The summed E-state index contributed by atoms with van der Waals surface area (Å²) >= 11 is 0. The number of hydrogen-bond donors (Lipinski definition) is 2. The van der Waals surface area contributed by atoms with Crippen molar-refractivity contribution in [2.45, 2.75) is 30.9 Å². The minimum absolute atomic E-state index is 0.0942. The molecule has 9 nitrogen and oxygen atoms in total. The lowest BCUT2D eigenvalue weighted by Gasteiger charge is -2.28. The molecule has 2 aliphatic heterocycles.